The van der Waals surface area contributed by atoms with Crippen molar-refractivity contribution in [3.05, 3.63) is 71.8 Å². The van der Waals surface area contributed by atoms with Crippen molar-refractivity contribution in [1.29, 1.82) is 0 Å². The Labute approximate surface area is 172 Å². The maximum Gasteiger partial charge on any atom is 0.187 e. The molecule has 0 heterocycles. The largest absolute Gasteiger partial charge is 0.493 e. The predicted molar refractivity (Wildman–Crippen MR) is 119 cm³/mol. The van der Waals surface area contributed by atoms with Gasteiger partial charge in [-0.05, 0) is 67.5 Å². The Kier molecular flexibility index (Phi) is 9.01. The minimum Gasteiger partial charge on any atom is -0.493 e. The molecule has 2 rings (SSSR count). The van der Waals surface area contributed by atoms with Gasteiger partial charge in [-0.3, -0.25) is 5.43 Å². The fourth-order valence-electron chi connectivity index (χ4n) is 2.41. The zero-order valence-corrected chi connectivity index (χ0v) is 17.2. The van der Waals surface area contributed by atoms with Crippen molar-refractivity contribution in [3.8, 4) is 11.5 Å². The van der Waals surface area contributed by atoms with Crippen LogP contribution in [0.2, 0.25) is 0 Å². The molecule has 0 aliphatic heterocycles. The lowest BCUT2D eigenvalue weighted by Gasteiger charge is -2.10. The van der Waals surface area contributed by atoms with Crippen LogP contribution in [-0.4, -0.2) is 31.1 Å². The van der Waals surface area contributed by atoms with Gasteiger partial charge in [0.2, 0.25) is 0 Å². The molecular formula is C22H27N3O2S. The van der Waals surface area contributed by atoms with E-state index in [4.69, 9.17) is 21.7 Å². The summed E-state index contributed by atoms with van der Waals surface area (Å²) >= 11 is 5.05. The van der Waals surface area contributed by atoms with Gasteiger partial charge in [0, 0.05) is 13.0 Å². The van der Waals surface area contributed by atoms with Gasteiger partial charge in [0.1, 0.15) is 11.5 Å². The van der Waals surface area contributed by atoms with Crippen molar-refractivity contribution in [2.45, 2.75) is 20.3 Å². The minimum atomic E-state index is 0.458. The first-order chi connectivity index (χ1) is 13.6. The fraction of sp³-hybridized carbons (Fsp3) is 0.273. The van der Waals surface area contributed by atoms with Crippen LogP contribution in [0.5, 0.6) is 11.5 Å². The van der Waals surface area contributed by atoms with Gasteiger partial charge < -0.3 is 14.8 Å². The first-order valence-corrected chi connectivity index (χ1v) is 9.60. The van der Waals surface area contributed by atoms with Gasteiger partial charge in [0.05, 0.1) is 19.4 Å². The van der Waals surface area contributed by atoms with Gasteiger partial charge in [0.25, 0.3) is 0 Å². The zero-order valence-electron chi connectivity index (χ0n) is 16.4. The smallest absolute Gasteiger partial charge is 0.187 e. The molecule has 0 saturated carbocycles. The monoisotopic (exact) mass is 397 g/mol. The lowest BCUT2D eigenvalue weighted by atomic mass is 10.1. The van der Waals surface area contributed by atoms with Crippen molar-refractivity contribution < 1.29 is 9.47 Å². The number of hydrazone groups is 1. The van der Waals surface area contributed by atoms with Crippen LogP contribution in [0.4, 0.5) is 0 Å². The molecule has 2 N–H and O–H groups in total. The molecule has 0 aliphatic carbocycles. The summed E-state index contributed by atoms with van der Waals surface area (Å²) in [5.41, 5.74) is 6.09. The third-order valence-corrected chi connectivity index (χ3v) is 4.05. The van der Waals surface area contributed by atoms with E-state index in [0.717, 1.165) is 29.0 Å². The molecule has 0 spiro atoms. The van der Waals surface area contributed by atoms with Crippen LogP contribution in [-0.2, 0) is 0 Å². The topological polar surface area (TPSA) is 54.9 Å². The Hall–Kier alpha value is -2.86. The van der Waals surface area contributed by atoms with Gasteiger partial charge in [-0.25, -0.2) is 0 Å². The van der Waals surface area contributed by atoms with Gasteiger partial charge in [-0.2, -0.15) is 5.10 Å². The normalized spacial score (nSPS) is 10.5. The van der Waals surface area contributed by atoms with Crippen LogP contribution in [0.25, 0.3) is 0 Å². The van der Waals surface area contributed by atoms with Crippen LogP contribution in [0, 0.1) is 13.8 Å². The number of nitrogens with one attached hydrogen (secondary N) is 2. The van der Waals surface area contributed by atoms with Gasteiger partial charge >= 0.3 is 0 Å². The summed E-state index contributed by atoms with van der Waals surface area (Å²) in [6.07, 6.45) is 4.24. The van der Waals surface area contributed by atoms with Crippen molar-refractivity contribution in [1.82, 2.24) is 10.7 Å². The van der Waals surface area contributed by atoms with E-state index in [1.54, 1.807) is 12.3 Å². The summed E-state index contributed by atoms with van der Waals surface area (Å²) in [6, 6.07) is 13.9. The van der Waals surface area contributed by atoms with E-state index < -0.39 is 0 Å². The zero-order chi connectivity index (χ0) is 20.2. The summed E-state index contributed by atoms with van der Waals surface area (Å²) in [5, 5.41) is 7.47. The number of aryl methyl sites for hydroxylation is 2. The number of benzene rings is 2. The first-order valence-electron chi connectivity index (χ1n) is 9.19. The molecule has 148 valence electrons. The Balaban J connectivity index is 1.66. The Morgan fingerprint density at radius 1 is 1.11 bits per heavy atom. The predicted octanol–water partition coefficient (Wildman–Crippen LogP) is 4.14. The number of thiocarbonyl (C=S) groups is 1. The molecule has 5 nitrogen and oxygen atoms in total. The number of ether oxygens (including phenoxy) is 2. The summed E-state index contributed by atoms with van der Waals surface area (Å²) in [5.74, 6) is 1.75. The first kappa shape index (κ1) is 21.4. The average molecular weight is 398 g/mol. The van der Waals surface area contributed by atoms with Crippen LogP contribution >= 0.6 is 12.2 Å². The van der Waals surface area contributed by atoms with E-state index in [9.17, 15) is 0 Å². The molecule has 0 aromatic heterocycles. The number of hydrogen-bond acceptors (Lipinski definition) is 4. The third-order valence-electron chi connectivity index (χ3n) is 3.81. The summed E-state index contributed by atoms with van der Waals surface area (Å²) in [4.78, 5) is 0. The molecular weight excluding hydrogens is 370 g/mol. The molecule has 0 amide bonds. The lowest BCUT2D eigenvalue weighted by molar-refractivity contribution is 0.246. The van der Waals surface area contributed by atoms with Crippen molar-refractivity contribution in [3.63, 3.8) is 0 Å². The molecule has 0 saturated heterocycles. The van der Waals surface area contributed by atoms with Gasteiger partial charge in [-0.15, -0.1) is 6.58 Å². The second-order valence-electron chi connectivity index (χ2n) is 6.26. The van der Waals surface area contributed by atoms with E-state index in [1.165, 1.54) is 5.56 Å². The van der Waals surface area contributed by atoms with Crippen LogP contribution < -0.4 is 20.2 Å². The highest BCUT2D eigenvalue weighted by Gasteiger charge is 2.00. The van der Waals surface area contributed by atoms with Crippen LogP contribution in [0.15, 0.2) is 60.2 Å². The molecule has 0 radical (unpaired) electrons. The Bertz CT molecular complexity index is 804. The van der Waals surface area contributed by atoms with Gasteiger partial charge in [-0.1, -0.05) is 23.8 Å². The summed E-state index contributed by atoms with van der Waals surface area (Å²) < 4.78 is 11.6. The molecule has 28 heavy (non-hydrogen) atoms. The summed E-state index contributed by atoms with van der Waals surface area (Å²) in [7, 11) is 0. The van der Waals surface area contributed by atoms with E-state index in [-0.39, 0.29) is 0 Å². The molecule has 0 fully saturated rings. The quantitative estimate of drug-likeness (QED) is 0.208. The molecule has 0 bridgehead atoms. The van der Waals surface area contributed by atoms with Crippen LogP contribution in [0.3, 0.4) is 0 Å². The fourth-order valence-corrected chi connectivity index (χ4v) is 2.55. The van der Waals surface area contributed by atoms with E-state index in [0.29, 0.717) is 24.9 Å². The number of rotatable bonds is 10. The van der Waals surface area contributed by atoms with E-state index in [2.05, 4.69) is 48.4 Å². The molecule has 6 heteroatoms. The van der Waals surface area contributed by atoms with Crippen LogP contribution in [0.1, 0.15) is 23.1 Å². The van der Waals surface area contributed by atoms with E-state index in [1.807, 2.05) is 30.3 Å². The highest BCUT2D eigenvalue weighted by molar-refractivity contribution is 7.80. The SMILES string of the molecule is C=CCNC(=S)NN=Cc1ccc(OCCCOc2ccc(C)cc2C)cc1. The Morgan fingerprint density at radius 2 is 1.86 bits per heavy atom. The lowest BCUT2D eigenvalue weighted by Crippen LogP contribution is -2.31. The minimum absolute atomic E-state index is 0.458. The maximum atomic E-state index is 5.81. The average Bonchev–Trinajstić information content (AvgIpc) is 2.68. The number of hydrogen-bond donors (Lipinski definition) is 2. The Morgan fingerprint density at radius 3 is 2.57 bits per heavy atom. The third kappa shape index (κ3) is 7.80. The van der Waals surface area contributed by atoms with Gasteiger partial charge in [0.15, 0.2) is 5.11 Å². The van der Waals surface area contributed by atoms with Crippen molar-refractivity contribution >= 4 is 23.5 Å². The van der Waals surface area contributed by atoms with Crippen molar-refractivity contribution in [2.75, 3.05) is 19.8 Å². The second kappa shape index (κ2) is 11.8. The standard InChI is InChI=1S/C22H27N3O2S/c1-4-12-23-22(28)25-24-16-19-7-9-20(10-8-19)26-13-5-14-27-21-11-6-17(2)15-18(21)3/h4,6-11,15-16H,1,5,12-14H2,2-3H3,(H2,23,25,28). The maximum absolute atomic E-state index is 5.81. The highest BCUT2D eigenvalue weighted by atomic mass is 32.1. The second-order valence-corrected chi connectivity index (χ2v) is 6.67. The van der Waals surface area contributed by atoms with Crippen molar-refractivity contribution in [2.24, 2.45) is 5.10 Å². The highest BCUT2D eigenvalue weighted by Crippen LogP contribution is 2.19. The molecule has 0 unspecified atom stereocenters. The molecule has 2 aromatic rings. The molecule has 0 aliphatic rings. The summed E-state index contributed by atoms with van der Waals surface area (Å²) in [6.45, 7) is 9.58. The molecule has 0 atom stereocenters. The number of nitrogens with zero attached hydrogens (tertiary/aromatic N) is 1. The van der Waals surface area contributed by atoms with E-state index >= 15 is 0 Å². The molecule has 2 aromatic carbocycles.